The molecule has 7 heteroatoms. The molecule has 0 atom stereocenters. The van der Waals surface area contributed by atoms with E-state index < -0.39 is 17.8 Å². The molecule has 0 aliphatic rings. The normalized spacial score (nSPS) is 10.3. The first kappa shape index (κ1) is 15.7. The Morgan fingerprint density at radius 3 is 2.27 bits per heavy atom. The number of carbonyl (C=O) groups excluding carboxylic acids is 2. The van der Waals surface area contributed by atoms with Crippen LogP contribution in [0.1, 0.15) is 34.9 Å². The zero-order valence-corrected chi connectivity index (χ0v) is 12.1. The monoisotopic (exact) mass is 307 g/mol. The van der Waals surface area contributed by atoms with Crippen molar-refractivity contribution in [3.05, 3.63) is 41.5 Å². The maximum Gasteiger partial charge on any atom is 0.376 e. The van der Waals surface area contributed by atoms with Crippen molar-refractivity contribution in [3.8, 4) is 11.5 Å². The van der Waals surface area contributed by atoms with Crippen molar-refractivity contribution in [3.63, 3.8) is 0 Å². The van der Waals surface area contributed by atoms with E-state index >= 15 is 0 Å². The second kappa shape index (κ2) is 6.84. The highest BCUT2D eigenvalue weighted by Crippen LogP contribution is 2.23. The van der Waals surface area contributed by atoms with E-state index in [2.05, 4.69) is 4.98 Å². The van der Waals surface area contributed by atoms with Crippen LogP contribution in [0.5, 0.6) is 0 Å². The molecule has 1 heterocycles. The summed E-state index contributed by atoms with van der Waals surface area (Å²) in [6.45, 7) is 3.50. The highest BCUT2D eigenvalue weighted by atomic mass is 19.1. The van der Waals surface area contributed by atoms with Gasteiger partial charge in [0.25, 0.3) is 0 Å². The van der Waals surface area contributed by atoms with Gasteiger partial charge in [-0.25, -0.2) is 19.0 Å². The van der Waals surface area contributed by atoms with Gasteiger partial charge in [-0.15, -0.1) is 0 Å². The number of benzene rings is 1. The molecule has 6 nitrogen and oxygen atoms in total. The summed E-state index contributed by atoms with van der Waals surface area (Å²) in [6, 6.07) is 5.28. The third-order valence-electron chi connectivity index (χ3n) is 2.65. The summed E-state index contributed by atoms with van der Waals surface area (Å²) < 4.78 is 27.9. The van der Waals surface area contributed by atoms with E-state index in [1.165, 1.54) is 24.3 Å². The molecule has 0 saturated carbocycles. The fourth-order valence-corrected chi connectivity index (χ4v) is 1.71. The van der Waals surface area contributed by atoms with Crippen molar-refractivity contribution in [2.45, 2.75) is 13.8 Å². The van der Waals surface area contributed by atoms with Crippen molar-refractivity contribution in [2.24, 2.45) is 0 Å². The smallest absolute Gasteiger partial charge is 0.376 e. The molecular weight excluding hydrogens is 293 g/mol. The lowest BCUT2D eigenvalue weighted by Gasteiger charge is -2.00. The number of aromatic nitrogens is 1. The number of hydrogen-bond acceptors (Lipinski definition) is 6. The first-order valence-corrected chi connectivity index (χ1v) is 6.67. The van der Waals surface area contributed by atoms with Crippen LogP contribution in [0, 0.1) is 5.82 Å². The van der Waals surface area contributed by atoms with Crippen LogP contribution in [0.2, 0.25) is 0 Å². The summed E-state index contributed by atoms with van der Waals surface area (Å²) in [5.74, 6) is -2.36. The van der Waals surface area contributed by atoms with E-state index in [4.69, 9.17) is 13.9 Å². The Morgan fingerprint density at radius 1 is 1.09 bits per heavy atom. The molecule has 0 bridgehead atoms. The third-order valence-corrected chi connectivity index (χ3v) is 2.65. The second-order valence-corrected chi connectivity index (χ2v) is 4.14. The molecule has 0 aliphatic heterocycles. The Kier molecular flexibility index (Phi) is 4.88. The molecule has 0 aliphatic carbocycles. The highest BCUT2D eigenvalue weighted by Gasteiger charge is 2.28. The lowest BCUT2D eigenvalue weighted by molar-refractivity contribution is 0.0450. The van der Waals surface area contributed by atoms with Gasteiger partial charge in [0.1, 0.15) is 5.82 Å². The van der Waals surface area contributed by atoms with Crippen LogP contribution in [-0.4, -0.2) is 30.1 Å². The molecule has 1 aromatic carbocycles. The van der Waals surface area contributed by atoms with Crippen LogP contribution in [-0.2, 0) is 9.47 Å². The minimum atomic E-state index is -0.814. The zero-order chi connectivity index (χ0) is 16.1. The Morgan fingerprint density at radius 2 is 1.68 bits per heavy atom. The Bertz CT molecular complexity index is 642. The lowest BCUT2D eigenvalue weighted by atomic mass is 10.2. The quantitative estimate of drug-likeness (QED) is 0.790. The zero-order valence-electron chi connectivity index (χ0n) is 12.1. The summed E-state index contributed by atoms with van der Waals surface area (Å²) in [7, 11) is 0. The van der Waals surface area contributed by atoms with Crippen LogP contribution in [0.15, 0.2) is 28.7 Å². The molecule has 2 aromatic rings. The Balaban J connectivity index is 2.44. The summed E-state index contributed by atoms with van der Waals surface area (Å²) in [4.78, 5) is 27.7. The van der Waals surface area contributed by atoms with Gasteiger partial charge in [0.15, 0.2) is 0 Å². The van der Waals surface area contributed by atoms with Gasteiger partial charge in [-0.05, 0) is 38.1 Å². The molecule has 0 radical (unpaired) electrons. The van der Waals surface area contributed by atoms with Crippen molar-refractivity contribution < 1.29 is 27.9 Å². The summed E-state index contributed by atoms with van der Waals surface area (Å²) >= 11 is 0. The van der Waals surface area contributed by atoms with Gasteiger partial charge in [-0.1, -0.05) is 0 Å². The maximum absolute atomic E-state index is 12.9. The van der Waals surface area contributed by atoms with Gasteiger partial charge in [0.05, 0.1) is 13.2 Å². The largest absolute Gasteiger partial charge is 0.461 e. The first-order chi connectivity index (χ1) is 10.6. The van der Waals surface area contributed by atoms with Gasteiger partial charge in [0, 0.05) is 5.56 Å². The van der Waals surface area contributed by atoms with Crippen molar-refractivity contribution in [1.29, 1.82) is 0 Å². The van der Waals surface area contributed by atoms with Crippen molar-refractivity contribution in [1.82, 2.24) is 4.98 Å². The molecule has 22 heavy (non-hydrogen) atoms. The molecule has 0 amide bonds. The molecule has 0 N–H and O–H groups in total. The molecule has 0 saturated heterocycles. The van der Waals surface area contributed by atoms with Crippen LogP contribution < -0.4 is 0 Å². The van der Waals surface area contributed by atoms with Crippen LogP contribution in [0.25, 0.3) is 11.5 Å². The predicted octanol–water partition coefficient (Wildman–Crippen LogP) is 2.83. The van der Waals surface area contributed by atoms with Gasteiger partial charge < -0.3 is 13.9 Å². The van der Waals surface area contributed by atoms with Gasteiger partial charge in [0.2, 0.25) is 17.3 Å². The van der Waals surface area contributed by atoms with Crippen LogP contribution in [0.3, 0.4) is 0 Å². The molecule has 2 rings (SSSR count). The van der Waals surface area contributed by atoms with E-state index in [1.54, 1.807) is 13.8 Å². The molecule has 1 aromatic heterocycles. The fraction of sp³-hybridized carbons (Fsp3) is 0.267. The SMILES string of the molecule is CCOC(=O)c1nc(-c2ccc(F)cc2)oc1C(=O)OCC. The van der Waals surface area contributed by atoms with E-state index in [-0.39, 0.29) is 30.6 Å². The van der Waals surface area contributed by atoms with E-state index in [0.29, 0.717) is 5.56 Å². The second-order valence-electron chi connectivity index (χ2n) is 4.14. The van der Waals surface area contributed by atoms with Gasteiger partial charge in [-0.2, -0.15) is 0 Å². The molecule has 0 spiro atoms. The number of carbonyl (C=O) groups is 2. The minimum Gasteiger partial charge on any atom is -0.461 e. The van der Waals surface area contributed by atoms with E-state index in [0.717, 1.165) is 0 Å². The number of ether oxygens (including phenoxy) is 2. The number of hydrogen-bond donors (Lipinski definition) is 0. The third kappa shape index (κ3) is 3.30. The van der Waals surface area contributed by atoms with Crippen molar-refractivity contribution in [2.75, 3.05) is 13.2 Å². The fourth-order valence-electron chi connectivity index (χ4n) is 1.71. The number of rotatable bonds is 5. The molecule has 0 unspecified atom stereocenters. The van der Waals surface area contributed by atoms with Gasteiger partial charge >= 0.3 is 11.9 Å². The summed E-state index contributed by atoms with van der Waals surface area (Å²) in [5, 5.41) is 0. The average molecular weight is 307 g/mol. The number of nitrogens with zero attached hydrogens (tertiary/aromatic N) is 1. The van der Waals surface area contributed by atoms with Crippen LogP contribution >= 0.6 is 0 Å². The topological polar surface area (TPSA) is 78.6 Å². The van der Waals surface area contributed by atoms with Crippen molar-refractivity contribution >= 4 is 11.9 Å². The lowest BCUT2D eigenvalue weighted by Crippen LogP contribution is -2.12. The van der Waals surface area contributed by atoms with Gasteiger partial charge in [-0.3, -0.25) is 0 Å². The summed E-state index contributed by atoms with van der Waals surface area (Å²) in [6.07, 6.45) is 0. The highest BCUT2D eigenvalue weighted by molar-refractivity contribution is 6.00. The maximum atomic E-state index is 12.9. The molecule has 0 fully saturated rings. The Labute approximate surface area is 125 Å². The Hall–Kier alpha value is -2.70. The molecular formula is C15H14FNO5. The van der Waals surface area contributed by atoms with Crippen LogP contribution in [0.4, 0.5) is 4.39 Å². The predicted molar refractivity (Wildman–Crippen MR) is 73.8 cm³/mol. The summed E-state index contributed by atoms with van der Waals surface area (Å²) in [5.41, 5.74) is 0.155. The average Bonchev–Trinajstić information content (AvgIpc) is 2.94. The standard InChI is InChI=1S/C15H14FNO5/c1-3-20-14(18)11-12(15(19)21-4-2)22-13(17-11)9-5-7-10(16)8-6-9/h5-8H,3-4H2,1-2H3. The van der Waals surface area contributed by atoms with E-state index in [9.17, 15) is 14.0 Å². The number of esters is 2. The number of oxazole rings is 1. The minimum absolute atomic E-state index is 0.00565. The molecule has 116 valence electrons. The first-order valence-electron chi connectivity index (χ1n) is 6.67. The van der Waals surface area contributed by atoms with E-state index in [1.807, 2.05) is 0 Å². The number of halogens is 1.